The number of Topliss-reactive ketones (excluding diaryl/α,β-unsaturated/α-hetero) is 1. The lowest BCUT2D eigenvalue weighted by atomic mass is 9.48. The summed E-state index contributed by atoms with van der Waals surface area (Å²) in [5.74, 6) is 7.22. The van der Waals surface area contributed by atoms with E-state index in [-0.39, 0.29) is 36.1 Å². The summed E-state index contributed by atoms with van der Waals surface area (Å²) in [4.78, 5) is 25.9. The standard InChI is InChI=1S/C30H35NO4/c1-29-17-25(19-4-7-21(31)8-5-19)28-23-11-9-22(33)16-20(23)6-10-24(28)26(29)12-14-30(29,13-3-15-32)27(34)18-35-2/h4-5,7-8,16,24-26,32H,6,9-12,14-15,17-18,31H2,1-2H3/t24-,25+,26-,29-,30+/m0/s1. The van der Waals surface area contributed by atoms with E-state index >= 15 is 0 Å². The molecule has 0 bridgehead atoms. The molecule has 0 radical (unpaired) electrons. The van der Waals surface area contributed by atoms with Gasteiger partial charge in [0.05, 0.1) is 5.41 Å². The van der Waals surface area contributed by atoms with Crippen molar-refractivity contribution in [2.24, 2.45) is 22.7 Å². The largest absolute Gasteiger partial charge is 0.399 e. The number of benzene rings is 1. The lowest BCUT2D eigenvalue weighted by molar-refractivity contribution is -0.136. The first-order chi connectivity index (χ1) is 16.8. The molecule has 5 atom stereocenters. The maximum Gasteiger partial charge on any atom is 0.176 e. The number of ketones is 2. The number of nitrogen functional groups attached to an aromatic ring is 1. The van der Waals surface area contributed by atoms with Gasteiger partial charge < -0.3 is 15.6 Å². The Morgan fingerprint density at radius 3 is 2.69 bits per heavy atom. The molecule has 4 aliphatic carbocycles. The third-order valence-electron chi connectivity index (χ3n) is 9.40. The highest BCUT2D eigenvalue weighted by Gasteiger charge is 2.65. The van der Waals surface area contributed by atoms with Crippen LogP contribution in [0.1, 0.15) is 63.4 Å². The molecular formula is C30H35NO4. The van der Waals surface area contributed by atoms with Crippen LogP contribution < -0.4 is 5.73 Å². The van der Waals surface area contributed by atoms with E-state index in [1.807, 2.05) is 18.2 Å². The van der Waals surface area contributed by atoms with Gasteiger partial charge in [-0.1, -0.05) is 36.5 Å². The van der Waals surface area contributed by atoms with Crippen LogP contribution >= 0.6 is 0 Å². The first-order valence-electron chi connectivity index (χ1n) is 12.8. The fraction of sp³-hybridized carbons (Fsp3) is 0.533. The highest BCUT2D eigenvalue weighted by Crippen LogP contribution is 2.69. The minimum absolute atomic E-state index is 0.0257. The van der Waals surface area contributed by atoms with Gasteiger partial charge in [0.1, 0.15) is 13.2 Å². The summed E-state index contributed by atoms with van der Waals surface area (Å²) in [5, 5.41) is 9.56. The third-order valence-corrected chi connectivity index (χ3v) is 9.40. The van der Waals surface area contributed by atoms with Gasteiger partial charge in [-0.25, -0.2) is 0 Å². The summed E-state index contributed by atoms with van der Waals surface area (Å²) >= 11 is 0. The van der Waals surface area contributed by atoms with Crippen molar-refractivity contribution in [3.63, 3.8) is 0 Å². The number of carbonyl (C=O) groups is 2. The van der Waals surface area contributed by atoms with Crippen LogP contribution in [0.5, 0.6) is 0 Å². The zero-order valence-corrected chi connectivity index (χ0v) is 20.7. The molecule has 2 saturated carbocycles. The molecule has 1 aromatic rings. The fourth-order valence-corrected chi connectivity index (χ4v) is 7.89. The van der Waals surface area contributed by atoms with Gasteiger partial charge in [0.2, 0.25) is 0 Å². The molecule has 5 nitrogen and oxygen atoms in total. The Labute approximate surface area is 207 Å². The summed E-state index contributed by atoms with van der Waals surface area (Å²) in [5.41, 5.74) is 10.9. The van der Waals surface area contributed by atoms with Gasteiger partial charge in [-0.15, -0.1) is 0 Å². The van der Waals surface area contributed by atoms with Crippen LogP contribution in [0.2, 0.25) is 0 Å². The Balaban J connectivity index is 1.70. The van der Waals surface area contributed by atoms with Crippen LogP contribution in [-0.4, -0.2) is 37.0 Å². The summed E-state index contributed by atoms with van der Waals surface area (Å²) in [6, 6.07) is 8.15. The second-order valence-electron chi connectivity index (χ2n) is 10.9. The predicted octanol–water partition coefficient (Wildman–Crippen LogP) is 4.37. The van der Waals surface area contributed by atoms with E-state index in [0.717, 1.165) is 37.8 Å². The van der Waals surface area contributed by atoms with Crippen molar-refractivity contribution in [2.45, 2.75) is 57.8 Å². The Bertz CT molecular complexity index is 1170. The van der Waals surface area contributed by atoms with Crippen LogP contribution in [0.25, 0.3) is 0 Å². The third kappa shape index (κ3) is 3.70. The molecule has 35 heavy (non-hydrogen) atoms. The Morgan fingerprint density at radius 2 is 1.97 bits per heavy atom. The summed E-state index contributed by atoms with van der Waals surface area (Å²) in [6.45, 7) is 2.03. The second kappa shape index (κ2) is 9.08. The number of aliphatic hydroxyl groups is 1. The van der Waals surface area contributed by atoms with Gasteiger partial charge in [0, 0.05) is 25.1 Å². The summed E-state index contributed by atoms with van der Waals surface area (Å²) in [7, 11) is 1.56. The van der Waals surface area contributed by atoms with Gasteiger partial charge in [0.25, 0.3) is 0 Å². The summed E-state index contributed by atoms with van der Waals surface area (Å²) in [6.07, 6.45) is 7.59. The zero-order valence-electron chi connectivity index (χ0n) is 20.7. The Morgan fingerprint density at radius 1 is 1.20 bits per heavy atom. The number of nitrogens with two attached hydrogens (primary N) is 1. The van der Waals surface area contributed by atoms with Crippen molar-refractivity contribution in [3.8, 4) is 11.8 Å². The van der Waals surface area contributed by atoms with Crippen molar-refractivity contribution in [1.29, 1.82) is 0 Å². The van der Waals surface area contributed by atoms with E-state index < -0.39 is 5.41 Å². The number of rotatable bonds is 4. The number of aliphatic hydroxyl groups excluding tert-OH is 1. The number of methoxy groups -OCH3 is 1. The molecule has 0 amide bonds. The SMILES string of the molecule is COCC(=O)[C@@]1(C#CCO)CC[C@H]2[C@@H]3CCC4=CC(=O)CCC4=C3[C@@H](c3ccc(N)cc3)C[C@@]21C. The monoisotopic (exact) mass is 473 g/mol. The lowest BCUT2D eigenvalue weighted by Crippen LogP contribution is -2.51. The molecule has 3 N–H and O–H groups in total. The van der Waals surface area contributed by atoms with Gasteiger partial charge in [-0.05, 0) is 90.7 Å². The number of hydrogen-bond donors (Lipinski definition) is 2. The number of anilines is 1. The van der Waals surface area contributed by atoms with Crippen LogP contribution in [0, 0.1) is 34.5 Å². The van der Waals surface area contributed by atoms with Crippen molar-refractivity contribution < 1.29 is 19.4 Å². The van der Waals surface area contributed by atoms with E-state index in [4.69, 9.17) is 10.5 Å². The topological polar surface area (TPSA) is 89.6 Å². The maximum absolute atomic E-state index is 13.7. The predicted molar refractivity (Wildman–Crippen MR) is 135 cm³/mol. The highest BCUT2D eigenvalue weighted by atomic mass is 16.5. The maximum atomic E-state index is 13.7. The normalized spacial score (nSPS) is 33.7. The molecule has 184 valence electrons. The van der Waals surface area contributed by atoms with Crippen LogP contribution in [0.15, 0.2) is 47.1 Å². The van der Waals surface area contributed by atoms with Crippen molar-refractivity contribution in [3.05, 3.63) is 52.6 Å². The van der Waals surface area contributed by atoms with Crippen molar-refractivity contribution in [1.82, 2.24) is 0 Å². The molecule has 0 saturated heterocycles. The van der Waals surface area contributed by atoms with E-state index in [1.165, 1.54) is 22.3 Å². The van der Waals surface area contributed by atoms with Gasteiger partial charge >= 0.3 is 0 Å². The van der Waals surface area contributed by atoms with Crippen molar-refractivity contribution >= 4 is 17.3 Å². The second-order valence-corrected chi connectivity index (χ2v) is 10.9. The first-order valence-corrected chi connectivity index (χ1v) is 12.8. The number of fused-ring (bicyclic) bond motifs is 4. The van der Waals surface area contributed by atoms with Crippen LogP contribution in [-0.2, 0) is 14.3 Å². The Kier molecular flexibility index (Phi) is 6.23. The molecule has 0 aromatic heterocycles. The van der Waals surface area contributed by atoms with Crippen LogP contribution in [0.4, 0.5) is 5.69 Å². The molecule has 1 aromatic carbocycles. The molecule has 0 unspecified atom stereocenters. The van der Waals surface area contributed by atoms with E-state index in [2.05, 4.69) is 30.9 Å². The molecule has 0 spiro atoms. The number of ether oxygens (including phenoxy) is 1. The van der Waals surface area contributed by atoms with E-state index in [1.54, 1.807) is 7.11 Å². The lowest BCUT2D eigenvalue weighted by Gasteiger charge is -2.54. The van der Waals surface area contributed by atoms with Crippen molar-refractivity contribution in [2.75, 3.05) is 26.1 Å². The molecule has 0 heterocycles. The zero-order chi connectivity index (χ0) is 24.8. The fourth-order valence-electron chi connectivity index (χ4n) is 7.89. The van der Waals surface area contributed by atoms with Gasteiger partial charge in [-0.2, -0.15) is 0 Å². The van der Waals surface area contributed by atoms with Gasteiger partial charge in [-0.3, -0.25) is 9.59 Å². The number of allylic oxidation sites excluding steroid dienone is 4. The van der Waals surface area contributed by atoms with Crippen LogP contribution in [0.3, 0.4) is 0 Å². The molecule has 4 aliphatic rings. The first kappa shape index (κ1) is 24.0. The van der Waals surface area contributed by atoms with E-state index in [0.29, 0.717) is 24.7 Å². The molecule has 5 heteroatoms. The molecule has 5 rings (SSSR count). The number of carbonyl (C=O) groups excluding carboxylic acids is 2. The van der Waals surface area contributed by atoms with Gasteiger partial charge in [0.15, 0.2) is 11.6 Å². The van der Waals surface area contributed by atoms with E-state index in [9.17, 15) is 14.7 Å². The average molecular weight is 474 g/mol. The average Bonchev–Trinajstić information content (AvgIpc) is 3.15. The minimum atomic E-state index is -0.836. The highest BCUT2D eigenvalue weighted by molar-refractivity contribution is 5.93. The summed E-state index contributed by atoms with van der Waals surface area (Å²) < 4.78 is 5.32. The quantitative estimate of drug-likeness (QED) is 0.501. The molecular weight excluding hydrogens is 438 g/mol. The molecule has 0 aliphatic heterocycles. The number of hydrogen-bond acceptors (Lipinski definition) is 5. The minimum Gasteiger partial charge on any atom is -0.399 e. The molecule has 2 fully saturated rings. The Hall–Kier alpha value is -2.68. The smallest absolute Gasteiger partial charge is 0.176 e.